The third-order valence-electron chi connectivity index (χ3n) is 4.15. The topological polar surface area (TPSA) is 76.0 Å². The van der Waals surface area contributed by atoms with Crippen molar-refractivity contribution in [1.29, 1.82) is 0 Å². The van der Waals surface area contributed by atoms with Gasteiger partial charge in [-0.2, -0.15) is 5.10 Å². The lowest BCUT2D eigenvalue weighted by Crippen LogP contribution is -2.23. The predicted octanol–water partition coefficient (Wildman–Crippen LogP) is 2.47. The molecule has 6 heteroatoms. The Morgan fingerprint density at radius 2 is 1.69 bits per heavy atom. The molecule has 26 heavy (non-hydrogen) atoms. The van der Waals surface area contributed by atoms with E-state index in [1.54, 1.807) is 30.1 Å². The molecule has 0 aliphatic rings. The maximum atomic E-state index is 12.5. The van der Waals surface area contributed by atoms with Gasteiger partial charge in [0.1, 0.15) is 0 Å². The van der Waals surface area contributed by atoms with Crippen molar-refractivity contribution in [3.63, 3.8) is 0 Å². The SMILES string of the molecule is CNC(=O)c1ccc(CNC(=O)c2cnn(-c3ccccc3)c2C)cc1. The third-order valence-corrected chi connectivity index (χ3v) is 4.15. The van der Waals surface area contributed by atoms with Gasteiger partial charge in [-0.05, 0) is 36.8 Å². The van der Waals surface area contributed by atoms with Crippen LogP contribution in [0.2, 0.25) is 0 Å². The number of amides is 2. The van der Waals surface area contributed by atoms with Crippen molar-refractivity contribution in [2.75, 3.05) is 7.05 Å². The van der Waals surface area contributed by atoms with Crippen LogP contribution >= 0.6 is 0 Å². The summed E-state index contributed by atoms with van der Waals surface area (Å²) in [5.74, 6) is -0.315. The van der Waals surface area contributed by atoms with Gasteiger partial charge in [-0.25, -0.2) is 4.68 Å². The van der Waals surface area contributed by atoms with Gasteiger partial charge in [0.25, 0.3) is 11.8 Å². The summed E-state index contributed by atoms with van der Waals surface area (Å²) in [7, 11) is 1.59. The maximum Gasteiger partial charge on any atom is 0.255 e. The minimum atomic E-state index is -0.181. The summed E-state index contributed by atoms with van der Waals surface area (Å²) < 4.78 is 1.74. The minimum Gasteiger partial charge on any atom is -0.355 e. The van der Waals surface area contributed by atoms with Gasteiger partial charge in [-0.15, -0.1) is 0 Å². The van der Waals surface area contributed by atoms with Crippen LogP contribution in [-0.4, -0.2) is 28.6 Å². The van der Waals surface area contributed by atoms with Gasteiger partial charge in [-0.3, -0.25) is 9.59 Å². The molecule has 0 bridgehead atoms. The Hall–Kier alpha value is -3.41. The van der Waals surface area contributed by atoms with Crippen LogP contribution in [0.5, 0.6) is 0 Å². The van der Waals surface area contributed by atoms with E-state index in [1.165, 1.54) is 0 Å². The summed E-state index contributed by atoms with van der Waals surface area (Å²) >= 11 is 0. The van der Waals surface area contributed by atoms with Crippen LogP contribution in [0.25, 0.3) is 5.69 Å². The van der Waals surface area contributed by atoms with E-state index in [1.807, 2.05) is 49.4 Å². The molecule has 0 atom stereocenters. The highest BCUT2D eigenvalue weighted by molar-refractivity contribution is 5.95. The number of carbonyl (C=O) groups is 2. The van der Waals surface area contributed by atoms with Gasteiger partial charge < -0.3 is 10.6 Å². The summed E-state index contributed by atoms with van der Waals surface area (Å²) in [5.41, 5.74) is 3.73. The Morgan fingerprint density at radius 1 is 1.00 bits per heavy atom. The smallest absolute Gasteiger partial charge is 0.255 e. The number of rotatable bonds is 5. The molecule has 2 amide bonds. The zero-order chi connectivity index (χ0) is 18.5. The average molecular weight is 348 g/mol. The number of aromatic nitrogens is 2. The Bertz CT molecular complexity index is 915. The van der Waals surface area contributed by atoms with Crippen LogP contribution in [0.1, 0.15) is 32.0 Å². The zero-order valence-electron chi connectivity index (χ0n) is 14.7. The third kappa shape index (κ3) is 3.64. The van der Waals surface area contributed by atoms with E-state index < -0.39 is 0 Å². The zero-order valence-corrected chi connectivity index (χ0v) is 14.7. The normalized spacial score (nSPS) is 10.4. The lowest BCUT2D eigenvalue weighted by molar-refractivity contribution is 0.0945. The molecular weight excluding hydrogens is 328 g/mol. The second kappa shape index (κ2) is 7.65. The van der Waals surface area contributed by atoms with Gasteiger partial charge >= 0.3 is 0 Å². The number of hydrogen-bond acceptors (Lipinski definition) is 3. The first-order chi connectivity index (χ1) is 12.6. The highest BCUT2D eigenvalue weighted by atomic mass is 16.2. The molecule has 0 saturated heterocycles. The lowest BCUT2D eigenvalue weighted by atomic mass is 10.1. The molecule has 0 saturated carbocycles. The fourth-order valence-electron chi connectivity index (χ4n) is 2.66. The quantitative estimate of drug-likeness (QED) is 0.744. The van der Waals surface area contributed by atoms with Gasteiger partial charge in [0, 0.05) is 19.2 Å². The summed E-state index contributed by atoms with van der Waals surface area (Å²) in [4.78, 5) is 24.0. The Labute approximate surface area is 151 Å². The van der Waals surface area contributed by atoms with E-state index in [0.29, 0.717) is 17.7 Å². The van der Waals surface area contributed by atoms with Crippen molar-refractivity contribution in [3.05, 3.63) is 83.2 Å². The maximum absolute atomic E-state index is 12.5. The molecule has 2 N–H and O–H groups in total. The second-order valence-corrected chi connectivity index (χ2v) is 5.85. The molecule has 0 aliphatic carbocycles. The Balaban J connectivity index is 1.67. The van der Waals surface area contributed by atoms with Crippen molar-refractivity contribution in [3.8, 4) is 5.69 Å². The molecular formula is C20H20N4O2. The van der Waals surface area contributed by atoms with Crippen molar-refractivity contribution in [2.24, 2.45) is 0 Å². The van der Waals surface area contributed by atoms with E-state index in [2.05, 4.69) is 15.7 Å². The summed E-state index contributed by atoms with van der Waals surface area (Å²) in [5, 5.41) is 9.78. The van der Waals surface area contributed by atoms with Gasteiger partial charge in [-0.1, -0.05) is 30.3 Å². The van der Waals surface area contributed by atoms with Crippen LogP contribution < -0.4 is 10.6 Å². The van der Waals surface area contributed by atoms with E-state index in [-0.39, 0.29) is 11.8 Å². The molecule has 0 spiro atoms. The average Bonchev–Trinajstić information content (AvgIpc) is 3.08. The minimum absolute atomic E-state index is 0.135. The van der Waals surface area contributed by atoms with Crippen LogP contribution in [0.4, 0.5) is 0 Å². The predicted molar refractivity (Wildman–Crippen MR) is 99.3 cm³/mol. The first-order valence-corrected chi connectivity index (χ1v) is 8.29. The molecule has 132 valence electrons. The molecule has 0 fully saturated rings. The van der Waals surface area contributed by atoms with Crippen LogP contribution in [0.15, 0.2) is 60.8 Å². The Morgan fingerprint density at radius 3 is 2.35 bits per heavy atom. The van der Waals surface area contributed by atoms with E-state index in [0.717, 1.165) is 16.9 Å². The molecule has 3 aromatic rings. The molecule has 1 aromatic heterocycles. The standard InChI is InChI=1S/C20H20N4O2/c1-14-18(13-23-24(14)17-6-4-3-5-7-17)20(26)22-12-15-8-10-16(11-9-15)19(25)21-2/h3-11,13H,12H2,1-2H3,(H,21,25)(H,22,26). The summed E-state index contributed by atoms with van der Waals surface area (Å²) in [6.45, 7) is 2.25. The molecule has 0 aliphatic heterocycles. The van der Waals surface area contributed by atoms with Gasteiger partial charge in [0.2, 0.25) is 0 Å². The van der Waals surface area contributed by atoms with Crippen molar-refractivity contribution in [1.82, 2.24) is 20.4 Å². The molecule has 6 nitrogen and oxygen atoms in total. The number of hydrogen-bond donors (Lipinski definition) is 2. The van der Waals surface area contributed by atoms with Crippen LogP contribution in [0, 0.1) is 6.92 Å². The summed E-state index contributed by atoms with van der Waals surface area (Å²) in [6.07, 6.45) is 1.58. The van der Waals surface area contributed by atoms with Crippen molar-refractivity contribution < 1.29 is 9.59 Å². The molecule has 0 unspecified atom stereocenters. The van der Waals surface area contributed by atoms with Crippen molar-refractivity contribution >= 4 is 11.8 Å². The fourth-order valence-corrected chi connectivity index (χ4v) is 2.66. The van der Waals surface area contributed by atoms with Gasteiger partial charge in [0.05, 0.1) is 23.1 Å². The second-order valence-electron chi connectivity index (χ2n) is 5.85. The summed E-state index contributed by atoms with van der Waals surface area (Å²) in [6, 6.07) is 16.8. The van der Waals surface area contributed by atoms with Crippen LogP contribution in [-0.2, 0) is 6.54 Å². The van der Waals surface area contributed by atoms with E-state index in [4.69, 9.17) is 0 Å². The number of nitrogens with zero attached hydrogens (tertiary/aromatic N) is 2. The fraction of sp³-hybridized carbons (Fsp3) is 0.150. The highest BCUT2D eigenvalue weighted by Crippen LogP contribution is 2.14. The van der Waals surface area contributed by atoms with E-state index >= 15 is 0 Å². The number of carbonyl (C=O) groups excluding carboxylic acids is 2. The molecule has 3 rings (SSSR count). The molecule has 1 heterocycles. The van der Waals surface area contributed by atoms with E-state index in [9.17, 15) is 9.59 Å². The number of para-hydroxylation sites is 1. The van der Waals surface area contributed by atoms with Crippen molar-refractivity contribution in [2.45, 2.75) is 13.5 Å². The number of benzene rings is 2. The van der Waals surface area contributed by atoms with Crippen LogP contribution in [0.3, 0.4) is 0 Å². The highest BCUT2D eigenvalue weighted by Gasteiger charge is 2.14. The first-order valence-electron chi connectivity index (χ1n) is 8.29. The largest absolute Gasteiger partial charge is 0.355 e. The monoisotopic (exact) mass is 348 g/mol. The number of nitrogens with one attached hydrogen (secondary N) is 2. The first kappa shape index (κ1) is 17.4. The molecule has 2 aromatic carbocycles. The van der Waals surface area contributed by atoms with Gasteiger partial charge in [0.15, 0.2) is 0 Å². The lowest BCUT2D eigenvalue weighted by Gasteiger charge is -2.07. The molecule has 0 radical (unpaired) electrons. The Kier molecular flexibility index (Phi) is 5.12.